The standard InChI is InChI=1S/C20H18N4O3S/c1-12(15-11-28-16-6-4-3-5-14(15)16)22-20(26)23-18-10-21-17-9-13(19(25)27-2)7-8-24(17)18/h3-12H,1-2H3,(H2,22,23,26)/t12-/m0/s1. The largest absolute Gasteiger partial charge is 0.465 e. The summed E-state index contributed by atoms with van der Waals surface area (Å²) in [7, 11) is 1.33. The van der Waals surface area contributed by atoms with Crippen LogP contribution in [0.1, 0.15) is 28.9 Å². The second kappa shape index (κ2) is 7.32. The Bertz CT molecular complexity index is 1180. The topological polar surface area (TPSA) is 84.7 Å². The molecule has 3 heterocycles. The number of thiophene rings is 1. The number of fused-ring (bicyclic) bond motifs is 2. The Kier molecular flexibility index (Phi) is 4.70. The van der Waals surface area contributed by atoms with Gasteiger partial charge in [0.05, 0.1) is 24.9 Å². The van der Waals surface area contributed by atoms with E-state index in [1.54, 1.807) is 40.3 Å². The van der Waals surface area contributed by atoms with Gasteiger partial charge in [-0.1, -0.05) is 18.2 Å². The molecule has 0 aliphatic carbocycles. The molecule has 0 aliphatic heterocycles. The number of imidazole rings is 1. The van der Waals surface area contributed by atoms with E-state index in [0.29, 0.717) is 17.0 Å². The smallest absolute Gasteiger partial charge is 0.338 e. The van der Waals surface area contributed by atoms with Crippen LogP contribution >= 0.6 is 11.3 Å². The lowest BCUT2D eigenvalue weighted by atomic mass is 10.1. The van der Waals surface area contributed by atoms with Gasteiger partial charge in [0.2, 0.25) is 0 Å². The molecule has 142 valence electrons. The van der Waals surface area contributed by atoms with Crippen molar-refractivity contribution in [3.8, 4) is 0 Å². The molecule has 7 nitrogen and oxygen atoms in total. The van der Waals surface area contributed by atoms with E-state index in [0.717, 1.165) is 10.9 Å². The zero-order valence-electron chi connectivity index (χ0n) is 15.3. The van der Waals surface area contributed by atoms with E-state index >= 15 is 0 Å². The number of anilines is 1. The van der Waals surface area contributed by atoms with Gasteiger partial charge in [-0.25, -0.2) is 14.6 Å². The molecule has 0 saturated heterocycles. The van der Waals surface area contributed by atoms with E-state index < -0.39 is 5.97 Å². The maximum atomic E-state index is 12.5. The maximum absolute atomic E-state index is 12.5. The summed E-state index contributed by atoms with van der Waals surface area (Å²) in [6.45, 7) is 1.95. The Morgan fingerprint density at radius 1 is 1.25 bits per heavy atom. The van der Waals surface area contributed by atoms with Crippen molar-refractivity contribution in [2.24, 2.45) is 0 Å². The van der Waals surface area contributed by atoms with Crippen LogP contribution in [-0.4, -0.2) is 28.5 Å². The highest BCUT2D eigenvalue weighted by Gasteiger charge is 2.15. The van der Waals surface area contributed by atoms with Crippen molar-refractivity contribution in [3.05, 3.63) is 65.3 Å². The Balaban J connectivity index is 1.50. The summed E-state index contributed by atoms with van der Waals surface area (Å²) in [6, 6.07) is 10.9. The minimum Gasteiger partial charge on any atom is -0.465 e. The van der Waals surface area contributed by atoms with Crippen LogP contribution in [-0.2, 0) is 4.74 Å². The van der Waals surface area contributed by atoms with Crippen LogP contribution in [0.15, 0.2) is 54.2 Å². The minimum atomic E-state index is -0.436. The van der Waals surface area contributed by atoms with Crippen molar-refractivity contribution in [2.45, 2.75) is 13.0 Å². The molecule has 0 aliphatic rings. The predicted molar refractivity (Wildman–Crippen MR) is 109 cm³/mol. The van der Waals surface area contributed by atoms with Crippen LogP contribution in [0, 0.1) is 0 Å². The third-order valence-corrected chi connectivity index (χ3v) is 5.48. The number of rotatable bonds is 4. The number of carbonyl (C=O) groups excluding carboxylic acids is 2. The van der Waals surface area contributed by atoms with Gasteiger partial charge in [-0.2, -0.15) is 0 Å². The highest BCUT2D eigenvalue weighted by molar-refractivity contribution is 7.17. The molecule has 4 aromatic rings. The van der Waals surface area contributed by atoms with Crippen molar-refractivity contribution in [1.82, 2.24) is 14.7 Å². The van der Waals surface area contributed by atoms with Crippen LogP contribution in [0.4, 0.5) is 10.6 Å². The normalized spacial score (nSPS) is 12.1. The van der Waals surface area contributed by atoms with Crippen molar-refractivity contribution >= 4 is 44.9 Å². The van der Waals surface area contributed by atoms with Crippen molar-refractivity contribution in [3.63, 3.8) is 0 Å². The molecule has 1 aromatic carbocycles. The summed E-state index contributed by atoms with van der Waals surface area (Å²) in [5.74, 6) is 0.0702. The molecule has 0 spiro atoms. The molecule has 0 unspecified atom stereocenters. The average molecular weight is 394 g/mol. The number of nitrogens with one attached hydrogen (secondary N) is 2. The number of benzene rings is 1. The van der Waals surface area contributed by atoms with E-state index in [4.69, 9.17) is 4.74 Å². The van der Waals surface area contributed by atoms with E-state index in [2.05, 4.69) is 33.1 Å². The highest BCUT2D eigenvalue weighted by Crippen LogP contribution is 2.30. The number of hydrogen-bond donors (Lipinski definition) is 2. The summed E-state index contributed by atoms with van der Waals surface area (Å²) < 4.78 is 7.59. The van der Waals surface area contributed by atoms with Gasteiger partial charge in [-0.3, -0.25) is 9.72 Å². The van der Waals surface area contributed by atoms with E-state index in [9.17, 15) is 9.59 Å². The van der Waals surface area contributed by atoms with E-state index in [1.807, 2.05) is 19.1 Å². The Morgan fingerprint density at radius 2 is 2.07 bits per heavy atom. The number of methoxy groups -OCH3 is 1. The second-order valence-electron chi connectivity index (χ2n) is 6.29. The molecule has 28 heavy (non-hydrogen) atoms. The quantitative estimate of drug-likeness (QED) is 0.508. The number of ether oxygens (including phenoxy) is 1. The summed E-state index contributed by atoms with van der Waals surface area (Å²) in [5.41, 5.74) is 2.02. The second-order valence-corrected chi connectivity index (χ2v) is 7.20. The molecule has 0 radical (unpaired) electrons. The Labute approximate surface area is 165 Å². The molecular formula is C20H18N4O3S. The fourth-order valence-electron chi connectivity index (χ4n) is 3.08. The Morgan fingerprint density at radius 3 is 2.89 bits per heavy atom. The van der Waals surface area contributed by atoms with E-state index in [-0.39, 0.29) is 12.1 Å². The molecule has 2 amide bonds. The van der Waals surface area contributed by atoms with Gasteiger partial charge in [-0.05, 0) is 41.5 Å². The molecule has 3 aromatic heterocycles. The molecular weight excluding hydrogens is 376 g/mol. The fourth-order valence-corrected chi connectivity index (χ4v) is 4.13. The number of nitrogens with zero attached hydrogens (tertiary/aromatic N) is 2. The molecule has 0 saturated carbocycles. The SMILES string of the molecule is COC(=O)c1ccn2c(NC(=O)N[C@@H](C)c3csc4ccccc34)cnc2c1. The lowest BCUT2D eigenvalue weighted by molar-refractivity contribution is 0.0600. The number of urea groups is 1. The summed E-state index contributed by atoms with van der Waals surface area (Å²) >= 11 is 1.66. The number of hydrogen-bond acceptors (Lipinski definition) is 5. The van der Waals surface area contributed by atoms with Crippen molar-refractivity contribution < 1.29 is 14.3 Å². The first-order valence-corrected chi connectivity index (χ1v) is 9.54. The number of esters is 1. The molecule has 0 bridgehead atoms. The molecule has 2 N–H and O–H groups in total. The van der Waals surface area contributed by atoms with Gasteiger partial charge in [-0.15, -0.1) is 11.3 Å². The zero-order chi connectivity index (χ0) is 19.7. The maximum Gasteiger partial charge on any atom is 0.338 e. The number of aromatic nitrogens is 2. The summed E-state index contributed by atoms with van der Waals surface area (Å²) in [4.78, 5) is 28.3. The number of pyridine rings is 1. The third-order valence-electron chi connectivity index (χ3n) is 4.50. The Hall–Kier alpha value is -3.39. The van der Waals surface area contributed by atoms with Gasteiger partial charge >= 0.3 is 12.0 Å². The van der Waals surface area contributed by atoms with Crippen LogP contribution in [0.3, 0.4) is 0 Å². The van der Waals surface area contributed by atoms with Crippen LogP contribution in [0.25, 0.3) is 15.7 Å². The fraction of sp³-hybridized carbons (Fsp3) is 0.150. The first-order valence-electron chi connectivity index (χ1n) is 8.66. The van der Waals surface area contributed by atoms with Gasteiger partial charge < -0.3 is 10.1 Å². The monoisotopic (exact) mass is 394 g/mol. The average Bonchev–Trinajstić information content (AvgIpc) is 3.31. The van der Waals surface area contributed by atoms with Crippen molar-refractivity contribution in [2.75, 3.05) is 12.4 Å². The van der Waals surface area contributed by atoms with Gasteiger partial charge in [0.15, 0.2) is 0 Å². The molecule has 1 atom stereocenters. The van der Waals surface area contributed by atoms with Gasteiger partial charge in [0.25, 0.3) is 0 Å². The van der Waals surface area contributed by atoms with E-state index in [1.165, 1.54) is 11.8 Å². The lowest BCUT2D eigenvalue weighted by Gasteiger charge is -2.14. The van der Waals surface area contributed by atoms with Crippen molar-refractivity contribution in [1.29, 1.82) is 0 Å². The van der Waals surface area contributed by atoms with Crippen LogP contribution < -0.4 is 10.6 Å². The summed E-state index contributed by atoms with van der Waals surface area (Å²) in [6.07, 6.45) is 3.21. The first kappa shape index (κ1) is 18.0. The minimum absolute atomic E-state index is 0.152. The number of carbonyl (C=O) groups is 2. The van der Waals surface area contributed by atoms with Gasteiger partial charge in [0, 0.05) is 10.9 Å². The number of amides is 2. The third kappa shape index (κ3) is 3.29. The molecule has 0 fully saturated rings. The predicted octanol–water partition coefficient (Wildman–Crippen LogP) is 4.22. The molecule has 4 rings (SSSR count). The summed E-state index contributed by atoms with van der Waals surface area (Å²) in [5, 5.41) is 8.98. The zero-order valence-corrected chi connectivity index (χ0v) is 16.1. The van der Waals surface area contributed by atoms with Crippen LogP contribution in [0.2, 0.25) is 0 Å². The highest BCUT2D eigenvalue weighted by atomic mass is 32.1. The first-order chi connectivity index (χ1) is 13.6. The van der Waals surface area contributed by atoms with Gasteiger partial charge in [0.1, 0.15) is 11.5 Å². The molecule has 8 heteroatoms. The van der Waals surface area contributed by atoms with Crippen LogP contribution in [0.5, 0.6) is 0 Å². The lowest BCUT2D eigenvalue weighted by Crippen LogP contribution is -2.31.